The van der Waals surface area contributed by atoms with Crippen LogP contribution in [-0.4, -0.2) is 27.6 Å². The van der Waals surface area contributed by atoms with Crippen LogP contribution in [0, 0.1) is 6.92 Å². The summed E-state index contributed by atoms with van der Waals surface area (Å²) in [4.78, 5) is 25.8. The Balaban J connectivity index is 1.74. The first kappa shape index (κ1) is 16.8. The van der Waals surface area contributed by atoms with Crippen molar-refractivity contribution >= 4 is 17.6 Å². The van der Waals surface area contributed by atoms with Crippen LogP contribution in [0.3, 0.4) is 0 Å². The number of hydrogen-bond donors (Lipinski definition) is 2. The highest BCUT2D eigenvalue weighted by atomic mass is 16.5. The molecule has 3 heterocycles. The number of rotatable bonds is 3. The summed E-state index contributed by atoms with van der Waals surface area (Å²) in [5.74, 6) is 1.70. The number of anilines is 2. The molecule has 1 aromatic carbocycles. The summed E-state index contributed by atoms with van der Waals surface area (Å²) in [7, 11) is 1.62. The molecule has 1 aliphatic rings. The molecule has 8 heteroatoms. The lowest BCUT2D eigenvalue weighted by Crippen LogP contribution is -2.37. The van der Waals surface area contributed by atoms with Gasteiger partial charge >= 0.3 is 0 Å². The standard InChI is InChI=1S/C19H18N6O2/c1-12-11-16(26)25-17(13-7-9-20-10-8-13)23-18(24-19(25)21-12)22-14-3-5-15(27-2)6-4-14/h3-11,17H,1-2H3,(H2,21,22,23,24)/t17-/m1/s1. The van der Waals surface area contributed by atoms with Gasteiger partial charge in [0, 0.05) is 35.4 Å². The molecule has 0 radical (unpaired) electrons. The van der Waals surface area contributed by atoms with Crippen LogP contribution < -0.4 is 20.9 Å². The van der Waals surface area contributed by atoms with Crippen LogP contribution in [-0.2, 0) is 0 Å². The fourth-order valence-electron chi connectivity index (χ4n) is 2.88. The first-order valence-corrected chi connectivity index (χ1v) is 8.40. The highest BCUT2D eigenvalue weighted by molar-refractivity contribution is 6.03. The summed E-state index contributed by atoms with van der Waals surface area (Å²) in [5.41, 5.74) is 2.14. The number of nitrogens with one attached hydrogen (secondary N) is 2. The maximum Gasteiger partial charge on any atom is 0.257 e. The SMILES string of the molecule is COc1ccc(NC2=N[C@@H](c3ccncc3)n3c(nc(C)cc3=O)N2)cc1. The van der Waals surface area contributed by atoms with Gasteiger partial charge in [-0.05, 0) is 43.3 Å². The summed E-state index contributed by atoms with van der Waals surface area (Å²) in [6.07, 6.45) is 2.82. The van der Waals surface area contributed by atoms with Crippen LogP contribution >= 0.6 is 0 Å². The van der Waals surface area contributed by atoms with Crippen molar-refractivity contribution in [2.45, 2.75) is 13.1 Å². The van der Waals surface area contributed by atoms with Crippen LogP contribution in [0.4, 0.5) is 11.6 Å². The quantitative estimate of drug-likeness (QED) is 0.743. The summed E-state index contributed by atoms with van der Waals surface area (Å²) in [6, 6.07) is 12.6. The predicted octanol–water partition coefficient (Wildman–Crippen LogP) is 2.40. The number of aryl methyl sites for hydroxylation is 1. The average molecular weight is 362 g/mol. The molecule has 0 bridgehead atoms. The largest absolute Gasteiger partial charge is 0.497 e. The van der Waals surface area contributed by atoms with Gasteiger partial charge in [-0.3, -0.25) is 19.7 Å². The highest BCUT2D eigenvalue weighted by Gasteiger charge is 2.25. The lowest BCUT2D eigenvalue weighted by molar-refractivity contribution is 0.415. The van der Waals surface area contributed by atoms with Gasteiger partial charge in [-0.25, -0.2) is 9.98 Å². The van der Waals surface area contributed by atoms with Crippen molar-refractivity contribution in [2.24, 2.45) is 4.99 Å². The third-order valence-corrected chi connectivity index (χ3v) is 4.16. The van der Waals surface area contributed by atoms with Crippen LogP contribution in [0.1, 0.15) is 17.4 Å². The zero-order valence-corrected chi connectivity index (χ0v) is 14.9. The topological polar surface area (TPSA) is 93.4 Å². The smallest absolute Gasteiger partial charge is 0.257 e. The van der Waals surface area contributed by atoms with Gasteiger partial charge in [-0.1, -0.05) is 0 Å². The van der Waals surface area contributed by atoms with Gasteiger partial charge in [0.25, 0.3) is 5.56 Å². The number of aromatic nitrogens is 3. The van der Waals surface area contributed by atoms with Crippen molar-refractivity contribution in [1.29, 1.82) is 0 Å². The van der Waals surface area contributed by atoms with Crippen LogP contribution in [0.15, 0.2) is 64.6 Å². The molecule has 0 aliphatic carbocycles. The average Bonchev–Trinajstić information content (AvgIpc) is 2.68. The number of guanidine groups is 1. The predicted molar refractivity (Wildman–Crippen MR) is 103 cm³/mol. The van der Waals surface area contributed by atoms with Crippen molar-refractivity contribution in [3.63, 3.8) is 0 Å². The fraction of sp³-hybridized carbons (Fsp3) is 0.158. The number of hydrogen-bond acceptors (Lipinski definition) is 7. The molecule has 0 amide bonds. The second-order valence-electron chi connectivity index (χ2n) is 6.04. The minimum Gasteiger partial charge on any atom is -0.497 e. The summed E-state index contributed by atoms with van der Waals surface area (Å²) in [6.45, 7) is 1.79. The van der Waals surface area contributed by atoms with E-state index in [-0.39, 0.29) is 5.56 Å². The number of fused-ring (bicyclic) bond motifs is 1. The Hall–Kier alpha value is -3.68. The van der Waals surface area contributed by atoms with E-state index >= 15 is 0 Å². The van der Waals surface area contributed by atoms with Gasteiger partial charge in [0.2, 0.25) is 11.9 Å². The molecule has 0 unspecified atom stereocenters. The van der Waals surface area contributed by atoms with E-state index in [1.807, 2.05) is 36.4 Å². The third-order valence-electron chi connectivity index (χ3n) is 4.16. The first-order valence-electron chi connectivity index (χ1n) is 8.40. The van der Waals surface area contributed by atoms with E-state index in [2.05, 4.69) is 25.6 Å². The van der Waals surface area contributed by atoms with Crippen molar-refractivity contribution in [1.82, 2.24) is 14.5 Å². The molecule has 0 saturated heterocycles. The van der Waals surface area contributed by atoms with E-state index in [4.69, 9.17) is 4.74 Å². The molecular weight excluding hydrogens is 344 g/mol. The zero-order valence-electron chi connectivity index (χ0n) is 14.9. The van der Waals surface area contributed by atoms with E-state index in [1.165, 1.54) is 10.6 Å². The van der Waals surface area contributed by atoms with E-state index in [0.717, 1.165) is 17.0 Å². The monoisotopic (exact) mass is 362 g/mol. The van der Waals surface area contributed by atoms with Crippen LogP contribution in [0.2, 0.25) is 0 Å². The number of ether oxygens (including phenoxy) is 1. The van der Waals surface area contributed by atoms with Crippen molar-refractivity contribution in [3.8, 4) is 5.75 Å². The second-order valence-corrected chi connectivity index (χ2v) is 6.04. The maximum atomic E-state index is 12.6. The molecule has 136 valence electrons. The Morgan fingerprint density at radius 2 is 1.89 bits per heavy atom. The van der Waals surface area contributed by atoms with Crippen molar-refractivity contribution in [3.05, 3.63) is 76.5 Å². The van der Waals surface area contributed by atoms with Gasteiger partial charge in [0.05, 0.1) is 7.11 Å². The maximum absolute atomic E-state index is 12.6. The van der Waals surface area contributed by atoms with Gasteiger partial charge in [0.1, 0.15) is 5.75 Å². The van der Waals surface area contributed by atoms with Gasteiger partial charge < -0.3 is 10.1 Å². The Labute approximate surface area is 155 Å². The second kappa shape index (κ2) is 6.91. The molecule has 8 nitrogen and oxygen atoms in total. The first-order chi connectivity index (χ1) is 13.1. The minimum absolute atomic E-state index is 0.168. The van der Waals surface area contributed by atoms with E-state index in [9.17, 15) is 4.79 Å². The fourth-order valence-corrected chi connectivity index (χ4v) is 2.88. The lowest BCUT2D eigenvalue weighted by atomic mass is 10.2. The molecule has 0 fully saturated rings. The number of aliphatic imine (C=N–C) groups is 1. The Bertz CT molecular complexity index is 1040. The molecule has 27 heavy (non-hydrogen) atoms. The molecule has 0 saturated carbocycles. The van der Waals surface area contributed by atoms with E-state index < -0.39 is 6.17 Å². The number of benzene rings is 1. The van der Waals surface area contributed by atoms with Gasteiger partial charge in [-0.15, -0.1) is 0 Å². The number of pyridine rings is 1. The Morgan fingerprint density at radius 1 is 1.15 bits per heavy atom. The van der Waals surface area contributed by atoms with E-state index in [0.29, 0.717) is 17.6 Å². The van der Waals surface area contributed by atoms with Crippen LogP contribution in [0.25, 0.3) is 0 Å². The van der Waals surface area contributed by atoms with E-state index in [1.54, 1.807) is 26.4 Å². The minimum atomic E-state index is -0.536. The summed E-state index contributed by atoms with van der Waals surface area (Å²) in [5, 5.41) is 6.32. The number of nitrogens with zero attached hydrogens (tertiary/aromatic N) is 4. The highest BCUT2D eigenvalue weighted by Crippen LogP contribution is 2.25. The van der Waals surface area contributed by atoms with Crippen molar-refractivity contribution in [2.75, 3.05) is 17.7 Å². The molecule has 2 aromatic heterocycles. The lowest BCUT2D eigenvalue weighted by Gasteiger charge is -2.27. The zero-order chi connectivity index (χ0) is 18.8. The van der Waals surface area contributed by atoms with Gasteiger partial charge in [0.15, 0.2) is 6.17 Å². The van der Waals surface area contributed by atoms with Crippen LogP contribution in [0.5, 0.6) is 5.75 Å². The molecule has 1 aliphatic heterocycles. The molecule has 2 N–H and O–H groups in total. The Morgan fingerprint density at radius 3 is 2.59 bits per heavy atom. The summed E-state index contributed by atoms with van der Waals surface area (Å²) >= 11 is 0. The molecule has 1 atom stereocenters. The molecule has 3 aromatic rings. The van der Waals surface area contributed by atoms with Gasteiger partial charge in [-0.2, -0.15) is 0 Å². The molecule has 4 rings (SSSR count). The Kier molecular flexibility index (Phi) is 4.29. The molecular formula is C19H18N6O2. The third kappa shape index (κ3) is 3.37. The molecule has 0 spiro atoms. The van der Waals surface area contributed by atoms with Crippen molar-refractivity contribution < 1.29 is 4.74 Å². The number of methoxy groups -OCH3 is 1. The normalized spacial score (nSPS) is 15.3. The summed E-state index contributed by atoms with van der Waals surface area (Å²) < 4.78 is 6.71.